The minimum atomic E-state index is -2.39. The molecule has 2 atom stereocenters. The van der Waals surface area contributed by atoms with E-state index in [0.717, 1.165) is 6.07 Å². The highest BCUT2D eigenvalue weighted by Gasteiger charge is 2.53. The van der Waals surface area contributed by atoms with E-state index in [1.165, 1.54) is 30.5 Å². The van der Waals surface area contributed by atoms with Crippen molar-refractivity contribution in [2.24, 2.45) is 0 Å². The molecule has 1 aromatic heterocycles. The number of alkyl halides is 1. The molecule has 0 saturated heterocycles. The van der Waals surface area contributed by atoms with Gasteiger partial charge in [-0.1, -0.05) is 23.7 Å². The van der Waals surface area contributed by atoms with Crippen LogP contribution in [0.1, 0.15) is 49.4 Å². The summed E-state index contributed by atoms with van der Waals surface area (Å²) in [6.45, 7) is 1.64. The molecule has 1 heterocycles. The van der Waals surface area contributed by atoms with E-state index in [1.807, 2.05) is 0 Å². The van der Waals surface area contributed by atoms with Gasteiger partial charge >= 0.3 is 0 Å². The fraction of sp³-hybridized carbons (Fsp3) is 0.455. The summed E-state index contributed by atoms with van der Waals surface area (Å²) >= 11 is 5.99. The van der Waals surface area contributed by atoms with Crippen LogP contribution in [0, 0.1) is 5.82 Å². The molecule has 1 aromatic carbocycles. The number of halogens is 3. The monoisotopic (exact) mass is 451 g/mol. The van der Waals surface area contributed by atoms with Gasteiger partial charge in [-0.3, -0.25) is 15.1 Å². The lowest BCUT2D eigenvalue weighted by molar-refractivity contribution is -0.140. The summed E-state index contributed by atoms with van der Waals surface area (Å²) in [5.41, 5.74) is -4.28. The number of pyridine rings is 1. The molecule has 0 aliphatic heterocycles. The zero-order valence-corrected chi connectivity index (χ0v) is 17.7. The molecular formula is C22H24ClF2N3O3. The van der Waals surface area contributed by atoms with Crippen molar-refractivity contribution in [1.29, 1.82) is 0 Å². The van der Waals surface area contributed by atoms with E-state index in [-0.39, 0.29) is 41.7 Å². The van der Waals surface area contributed by atoms with E-state index in [9.17, 15) is 19.4 Å². The lowest BCUT2D eigenvalue weighted by Gasteiger charge is -2.47. The van der Waals surface area contributed by atoms with Gasteiger partial charge in [0.15, 0.2) is 5.72 Å². The second kappa shape index (κ2) is 7.78. The van der Waals surface area contributed by atoms with E-state index in [0.29, 0.717) is 18.4 Å². The van der Waals surface area contributed by atoms with Crippen LogP contribution in [-0.4, -0.2) is 32.7 Å². The molecule has 0 bridgehead atoms. The standard InChI is InChI=1S/C22H24ClF2N3O3/c1-20(30)10-15(11-20)28-22(31)7-6-21(25,16-3-2-8-26-18(16)22)19(29)27-12-13-4-5-14(24)9-17(13)23/h2-5,8-9,15,28,30-31H,6-7,10-12H2,1H3,(H,27,29)/t15?,20?,21-,22-/m0/s1. The molecule has 9 heteroatoms. The van der Waals surface area contributed by atoms with Crippen LogP contribution in [0.3, 0.4) is 0 Å². The summed E-state index contributed by atoms with van der Waals surface area (Å²) in [7, 11) is 0. The number of hydrogen-bond donors (Lipinski definition) is 4. The van der Waals surface area contributed by atoms with Crippen molar-refractivity contribution in [1.82, 2.24) is 15.6 Å². The SMILES string of the molecule is CC1(O)CC(N[C@]2(O)CC[C@@](F)(C(=O)NCc3ccc(F)cc3Cl)c3cccnc32)C1. The first kappa shape index (κ1) is 22.1. The van der Waals surface area contributed by atoms with E-state index in [4.69, 9.17) is 11.6 Å². The van der Waals surface area contributed by atoms with E-state index < -0.39 is 28.7 Å². The highest BCUT2D eigenvalue weighted by molar-refractivity contribution is 6.31. The predicted octanol–water partition coefficient (Wildman–Crippen LogP) is 2.80. The quantitative estimate of drug-likeness (QED) is 0.524. The molecule has 6 nitrogen and oxygen atoms in total. The molecule has 31 heavy (non-hydrogen) atoms. The maximum atomic E-state index is 16.0. The highest BCUT2D eigenvalue weighted by Crippen LogP contribution is 2.45. The number of benzene rings is 1. The number of hydrogen-bond acceptors (Lipinski definition) is 5. The average Bonchev–Trinajstić information content (AvgIpc) is 2.69. The van der Waals surface area contributed by atoms with Crippen LogP contribution in [-0.2, 0) is 22.7 Å². The van der Waals surface area contributed by atoms with Gasteiger partial charge in [0.05, 0.1) is 11.3 Å². The third-order valence-corrected chi connectivity index (χ3v) is 6.44. The fourth-order valence-corrected chi connectivity index (χ4v) is 4.69. The first-order valence-corrected chi connectivity index (χ1v) is 10.5. The van der Waals surface area contributed by atoms with Crippen molar-refractivity contribution >= 4 is 17.5 Å². The van der Waals surface area contributed by atoms with Gasteiger partial charge in [-0.15, -0.1) is 0 Å². The Morgan fingerprint density at radius 3 is 2.71 bits per heavy atom. The number of nitrogens with zero attached hydrogens (tertiary/aromatic N) is 1. The molecule has 1 fully saturated rings. The first-order chi connectivity index (χ1) is 14.5. The molecule has 1 saturated carbocycles. The van der Waals surface area contributed by atoms with Crippen molar-refractivity contribution in [3.05, 3.63) is 64.2 Å². The number of aromatic nitrogens is 1. The van der Waals surface area contributed by atoms with E-state index in [2.05, 4.69) is 15.6 Å². The number of carbonyl (C=O) groups excluding carboxylic acids is 1. The van der Waals surface area contributed by atoms with E-state index in [1.54, 1.807) is 6.92 Å². The Hall–Kier alpha value is -2.13. The predicted molar refractivity (Wildman–Crippen MR) is 110 cm³/mol. The highest BCUT2D eigenvalue weighted by atomic mass is 35.5. The van der Waals surface area contributed by atoms with Crippen LogP contribution in [0.4, 0.5) is 8.78 Å². The third kappa shape index (κ3) is 4.17. The Morgan fingerprint density at radius 1 is 1.29 bits per heavy atom. The Morgan fingerprint density at radius 2 is 2.03 bits per heavy atom. The van der Waals surface area contributed by atoms with Crippen molar-refractivity contribution < 1.29 is 23.8 Å². The summed E-state index contributed by atoms with van der Waals surface area (Å²) in [6.07, 6.45) is 2.01. The van der Waals surface area contributed by atoms with Crippen LogP contribution < -0.4 is 10.6 Å². The van der Waals surface area contributed by atoms with Crippen molar-refractivity contribution in [3.63, 3.8) is 0 Å². The summed E-state index contributed by atoms with van der Waals surface area (Å²) in [4.78, 5) is 17.0. The zero-order chi connectivity index (χ0) is 22.4. The van der Waals surface area contributed by atoms with Gasteiger partial charge in [0.1, 0.15) is 5.82 Å². The summed E-state index contributed by atoms with van der Waals surface area (Å²) in [5, 5.41) is 26.9. The normalized spacial score (nSPS) is 32.1. The maximum Gasteiger partial charge on any atom is 0.262 e. The lowest BCUT2D eigenvalue weighted by atomic mass is 9.74. The van der Waals surface area contributed by atoms with Crippen LogP contribution >= 0.6 is 11.6 Å². The molecule has 1 amide bonds. The smallest absolute Gasteiger partial charge is 0.262 e. The Labute approximate surface area is 183 Å². The lowest BCUT2D eigenvalue weighted by Crippen LogP contribution is -2.61. The summed E-state index contributed by atoms with van der Waals surface area (Å²) in [5.74, 6) is -1.38. The van der Waals surface area contributed by atoms with Crippen LogP contribution in [0.15, 0.2) is 36.5 Å². The largest absolute Gasteiger partial charge is 0.390 e. The van der Waals surface area contributed by atoms with Crippen LogP contribution in [0.25, 0.3) is 0 Å². The van der Waals surface area contributed by atoms with Gasteiger partial charge < -0.3 is 15.5 Å². The van der Waals surface area contributed by atoms with Crippen LogP contribution in [0.2, 0.25) is 5.02 Å². The third-order valence-electron chi connectivity index (χ3n) is 6.09. The van der Waals surface area contributed by atoms with Gasteiger partial charge in [0.2, 0.25) is 5.67 Å². The number of carbonyl (C=O) groups is 1. The van der Waals surface area contributed by atoms with E-state index >= 15 is 4.39 Å². The average molecular weight is 452 g/mol. The molecule has 4 rings (SSSR count). The van der Waals surface area contributed by atoms with Gasteiger partial charge in [0, 0.05) is 29.4 Å². The number of amides is 1. The van der Waals surface area contributed by atoms with Gasteiger partial charge in [-0.2, -0.15) is 0 Å². The van der Waals surface area contributed by atoms with Crippen molar-refractivity contribution in [2.75, 3.05) is 0 Å². The molecule has 4 N–H and O–H groups in total. The Kier molecular flexibility index (Phi) is 5.54. The number of nitrogens with one attached hydrogen (secondary N) is 2. The summed E-state index contributed by atoms with van der Waals surface area (Å²) < 4.78 is 29.2. The minimum Gasteiger partial charge on any atom is -0.390 e. The van der Waals surface area contributed by atoms with Crippen LogP contribution in [0.5, 0.6) is 0 Å². The second-order valence-corrected chi connectivity index (χ2v) is 9.13. The molecular weight excluding hydrogens is 428 g/mol. The Balaban J connectivity index is 1.54. The van der Waals surface area contributed by atoms with Gasteiger partial charge in [-0.25, -0.2) is 8.78 Å². The maximum absolute atomic E-state index is 16.0. The molecule has 2 aromatic rings. The topological polar surface area (TPSA) is 94.5 Å². The molecule has 2 aliphatic carbocycles. The van der Waals surface area contributed by atoms with Crippen molar-refractivity contribution in [3.8, 4) is 0 Å². The molecule has 2 aliphatic rings. The van der Waals surface area contributed by atoms with Gasteiger partial charge in [0.25, 0.3) is 5.91 Å². The molecule has 0 unspecified atom stereocenters. The minimum absolute atomic E-state index is 0.00923. The number of aliphatic hydroxyl groups is 2. The van der Waals surface area contributed by atoms with Crippen molar-refractivity contribution in [2.45, 2.75) is 62.2 Å². The summed E-state index contributed by atoms with van der Waals surface area (Å²) in [6, 6.07) is 6.57. The molecule has 166 valence electrons. The number of fused-ring (bicyclic) bond motifs is 1. The Bertz CT molecular complexity index is 1010. The second-order valence-electron chi connectivity index (χ2n) is 8.73. The number of rotatable bonds is 5. The molecule has 0 spiro atoms. The first-order valence-electron chi connectivity index (χ1n) is 10.1. The van der Waals surface area contributed by atoms with Gasteiger partial charge in [-0.05, 0) is 56.4 Å². The molecule has 0 radical (unpaired) electrons. The zero-order valence-electron chi connectivity index (χ0n) is 17.0. The fourth-order valence-electron chi connectivity index (χ4n) is 4.46.